The summed E-state index contributed by atoms with van der Waals surface area (Å²) in [4.78, 5) is 0. The van der Waals surface area contributed by atoms with Crippen molar-refractivity contribution >= 4 is 5.70 Å². The highest BCUT2D eigenvalue weighted by molar-refractivity contribution is 5.72. The summed E-state index contributed by atoms with van der Waals surface area (Å²) in [7, 11) is 1.83. The maximum absolute atomic E-state index is 10.5. The lowest BCUT2D eigenvalue weighted by atomic mass is 9.84. The molecule has 0 saturated heterocycles. The standard InChI is InChI=1S/C18H26N2O/c1-7-9-16(19-6)15-11-14(18(3,4)5)10-13(17(15)21)12-20-8-2/h7-11,19-21H,1-2,12H2,3-6H3/b16-9-. The third-order valence-corrected chi connectivity index (χ3v) is 3.34. The Morgan fingerprint density at radius 2 is 1.95 bits per heavy atom. The molecule has 1 aromatic rings. The molecule has 0 bridgehead atoms. The van der Waals surface area contributed by atoms with Crippen LogP contribution in [0.3, 0.4) is 0 Å². The fraction of sp³-hybridized carbons (Fsp3) is 0.333. The van der Waals surface area contributed by atoms with Gasteiger partial charge in [0.1, 0.15) is 5.75 Å². The van der Waals surface area contributed by atoms with Crippen molar-refractivity contribution in [1.82, 2.24) is 10.6 Å². The van der Waals surface area contributed by atoms with Crippen LogP contribution in [0, 0.1) is 0 Å². The Labute approximate surface area is 128 Å². The summed E-state index contributed by atoms with van der Waals surface area (Å²) < 4.78 is 0. The van der Waals surface area contributed by atoms with Crippen LogP contribution in [0.4, 0.5) is 0 Å². The number of phenols is 1. The first-order chi connectivity index (χ1) is 9.85. The summed E-state index contributed by atoms with van der Waals surface area (Å²) in [6.45, 7) is 14.4. The number of hydrogen-bond donors (Lipinski definition) is 3. The molecule has 114 valence electrons. The highest BCUT2D eigenvalue weighted by Gasteiger charge is 2.19. The van der Waals surface area contributed by atoms with Crippen molar-refractivity contribution in [3.63, 3.8) is 0 Å². The minimum absolute atomic E-state index is 0.00158. The van der Waals surface area contributed by atoms with E-state index >= 15 is 0 Å². The summed E-state index contributed by atoms with van der Waals surface area (Å²) in [6, 6.07) is 4.06. The minimum atomic E-state index is -0.00158. The zero-order chi connectivity index (χ0) is 16.0. The lowest BCUT2D eigenvalue weighted by Crippen LogP contribution is -2.15. The van der Waals surface area contributed by atoms with E-state index in [-0.39, 0.29) is 11.2 Å². The van der Waals surface area contributed by atoms with E-state index in [4.69, 9.17) is 0 Å². The SMILES string of the molecule is C=C/C=C(\NC)c1cc(C(C)(C)C)cc(CNC=C)c1O. The molecule has 0 aliphatic carbocycles. The number of phenolic OH excluding ortho intramolecular Hbond substituents is 1. The second-order valence-electron chi connectivity index (χ2n) is 5.93. The van der Waals surface area contributed by atoms with Gasteiger partial charge >= 0.3 is 0 Å². The molecule has 0 aromatic heterocycles. The lowest BCUT2D eigenvalue weighted by molar-refractivity contribution is 0.463. The van der Waals surface area contributed by atoms with Gasteiger partial charge in [0.2, 0.25) is 0 Å². The van der Waals surface area contributed by atoms with Gasteiger partial charge in [-0.15, -0.1) is 0 Å². The molecule has 0 heterocycles. The fourth-order valence-electron chi connectivity index (χ4n) is 2.08. The molecule has 3 N–H and O–H groups in total. The molecule has 0 aliphatic rings. The topological polar surface area (TPSA) is 44.3 Å². The molecule has 1 rings (SSSR count). The zero-order valence-corrected chi connectivity index (χ0v) is 13.5. The predicted octanol–water partition coefficient (Wildman–Crippen LogP) is 3.67. The van der Waals surface area contributed by atoms with Gasteiger partial charge in [0.05, 0.1) is 0 Å². The quantitative estimate of drug-likeness (QED) is 0.699. The molecule has 0 amide bonds. The van der Waals surface area contributed by atoms with Crippen molar-refractivity contribution in [2.24, 2.45) is 0 Å². The Morgan fingerprint density at radius 3 is 2.43 bits per heavy atom. The molecule has 0 radical (unpaired) electrons. The second-order valence-corrected chi connectivity index (χ2v) is 5.93. The van der Waals surface area contributed by atoms with Gasteiger partial charge in [0.15, 0.2) is 0 Å². The first-order valence-corrected chi connectivity index (χ1v) is 7.06. The Kier molecular flexibility index (Phi) is 5.65. The van der Waals surface area contributed by atoms with E-state index in [2.05, 4.69) is 44.6 Å². The van der Waals surface area contributed by atoms with E-state index < -0.39 is 0 Å². The molecule has 3 heteroatoms. The summed E-state index contributed by atoms with van der Waals surface area (Å²) in [5.41, 5.74) is 3.64. The van der Waals surface area contributed by atoms with Crippen molar-refractivity contribution in [3.8, 4) is 5.75 Å². The summed E-state index contributed by atoms with van der Waals surface area (Å²) >= 11 is 0. The Hall–Kier alpha value is -2.16. The van der Waals surface area contributed by atoms with E-state index in [1.165, 1.54) is 5.56 Å². The number of benzene rings is 1. The van der Waals surface area contributed by atoms with Crippen molar-refractivity contribution in [3.05, 3.63) is 60.3 Å². The summed E-state index contributed by atoms with van der Waals surface area (Å²) in [6.07, 6.45) is 5.18. The third kappa shape index (κ3) is 4.15. The van der Waals surface area contributed by atoms with E-state index in [1.54, 1.807) is 12.3 Å². The number of nitrogens with one attached hydrogen (secondary N) is 2. The average molecular weight is 286 g/mol. The van der Waals surface area contributed by atoms with Crippen LogP contribution >= 0.6 is 0 Å². The number of aromatic hydroxyl groups is 1. The maximum atomic E-state index is 10.5. The number of hydrogen-bond acceptors (Lipinski definition) is 3. The minimum Gasteiger partial charge on any atom is -0.507 e. The molecule has 21 heavy (non-hydrogen) atoms. The first kappa shape index (κ1) is 16.9. The molecule has 0 unspecified atom stereocenters. The Balaban J connectivity index is 3.50. The van der Waals surface area contributed by atoms with Gasteiger partial charge in [0, 0.05) is 30.4 Å². The molecule has 0 spiro atoms. The van der Waals surface area contributed by atoms with Gasteiger partial charge in [-0.2, -0.15) is 0 Å². The van der Waals surface area contributed by atoms with Gasteiger partial charge in [-0.3, -0.25) is 0 Å². The molecule has 0 saturated carbocycles. The van der Waals surface area contributed by atoms with Crippen molar-refractivity contribution in [2.75, 3.05) is 7.05 Å². The highest BCUT2D eigenvalue weighted by Crippen LogP contribution is 2.34. The second kappa shape index (κ2) is 7.02. The number of allylic oxidation sites excluding steroid dienone is 2. The average Bonchev–Trinajstić information content (AvgIpc) is 2.42. The molecule has 1 aromatic carbocycles. The van der Waals surface area contributed by atoms with Crippen LogP contribution in [0.2, 0.25) is 0 Å². The van der Waals surface area contributed by atoms with Gasteiger partial charge in [0.25, 0.3) is 0 Å². The first-order valence-electron chi connectivity index (χ1n) is 7.06. The van der Waals surface area contributed by atoms with Crippen LogP contribution in [-0.2, 0) is 12.0 Å². The van der Waals surface area contributed by atoms with E-state index in [9.17, 15) is 5.11 Å². The van der Waals surface area contributed by atoms with Crippen LogP contribution in [0.15, 0.2) is 43.6 Å². The van der Waals surface area contributed by atoms with Crippen LogP contribution < -0.4 is 10.6 Å². The van der Waals surface area contributed by atoms with Crippen LogP contribution in [0.25, 0.3) is 5.70 Å². The van der Waals surface area contributed by atoms with Crippen LogP contribution in [0.5, 0.6) is 5.75 Å². The zero-order valence-electron chi connectivity index (χ0n) is 13.5. The molecule has 0 aliphatic heterocycles. The van der Waals surface area contributed by atoms with E-state index in [0.717, 1.165) is 16.8 Å². The largest absolute Gasteiger partial charge is 0.507 e. The fourth-order valence-corrected chi connectivity index (χ4v) is 2.08. The van der Waals surface area contributed by atoms with Gasteiger partial charge in [-0.25, -0.2) is 0 Å². The van der Waals surface area contributed by atoms with Crippen molar-refractivity contribution in [2.45, 2.75) is 32.7 Å². The monoisotopic (exact) mass is 286 g/mol. The normalized spacial score (nSPS) is 11.9. The summed E-state index contributed by atoms with van der Waals surface area (Å²) in [5.74, 6) is 0.278. The molecular formula is C18H26N2O. The molecule has 0 fully saturated rings. The van der Waals surface area contributed by atoms with E-state index in [1.807, 2.05) is 25.3 Å². The molecule has 3 nitrogen and oxygen atoms in total. The Bertz CT molecular complexity index is 551. The highest BCUT2D eigenvalue weighted by atomic mass is 16.3. The van der Waals surface area contributed by atoms with Gasteiger partial charge < -0.3 is 15.7 Å². The Morgan fingerprint density at radius 1 is 1.29 bits per heavy atom. The van der Waals surface area contributed by atoms with Crippen molar-refractivity contribution < 1.29 is 5.11 Å². The van der Waals surface area contributed by atoms with Crippen LogP contribution in [-0.4, -0.2) is 12.2 Å². The smallest absolute Gasteiger partial charge is 0.129 e. The van der Waals surface area contributed by atoms with Gasteiger partial charge in [-0.1, -0.05) is 40.0 Å². The van der Waals surface area contributed by atoms with Crippen molar-refractivity contribution in [1.29, 1.82) is 0 Å². The third-order valence-electron chi connectivity index (χ3n) is 3.34. The predicted molar refractivity (Wildman–Crippen MR) is 91.1 cm³/mol. The molecular weight excluding hydrogens is 260 g/mol. The summed E-state index contributed by atoms with van der Waals surface area (Å²) in [5, 5.41) is 16.7. The maximum Gasteiger partial charge on any atom is 0.129 e. The molecule has 0 atom stereocenters. The van der Waals surface area contributed by atoms with Gasteiger partial charge in [-0.05, 0) is 35.4 Å². The van der Waals surface area contributed by atoms with Crippen LogP contribution in [0.1, 0.15) is 37.5 Å². The number of rotatable bonds is 6. The lowest BCUT2D eigenvalue weighted by Gasteiger charge is -2.23. The van der Waals surface area contributed by atoms with E-state index in [0.29, 0.717) is 6.54 Å².